The maximum atomic E-state index is 11.8. The predicted molar refractivity (Wildman–Crippen MR) is 101 cm³/mol. The molecule has 0 saturated carbocycles. The van der Waals surface area contributed by atoms with Gasteiger partial charge in [-0.15, -0.1) is 0 Å². The number of ether oxygens (including phenoxy) is 3. The second-order valence-electron chi connectivity index (χ2n) is 5.78. The van der Waals surface area contributed by atoms with E-state index in [9.17, 15) is 4.79 Å². The maximum absolute atomic E-state index is 11.8. The quantitative estimate of drug-likeness (QED) is 0.319. The second kappa shape index (κ2) is 9.15. The van der Waals surface area contributed by atoms with Gasteiger partial charge < -0.3 is 14.2 Å². The van der Waals surface area contributed by atoms with Crippen LogP contribution in [-0.2, 0) is 9.53 Å². The average Bonchev–Trinajstić information content (AvgIpc) is 2.51. The van der Waals surface area contributed by atoms with Crippen molar-refractivity contribution in [2.45, 2.75) is 45.6 Å². The lowest BCUT2D eigenvalue weighted by molar-refractivity contribution is -0.156. The summed E-state index contributed by atoms with van der Waals surface area (Å²) in [6, 6.07) is 3.85. The molecule has 0 aliphatic rings. The number of hydrogen-bond acceptors (Lipinski definition) is 4. The molecule has 0 fully saturated rings. The molecule has 0 saturated heterocycles. The molecule has 0 aromatic heterocycles. The fourth-order valence-electron chi connectivity index (χ4n) is 1.82. The van der Waals surface area contributed by atoms with Crippen molar-refractivity contribution < 1.29 is 19.0 Å². The van der Waals surface area contributed by atoms with E-state index in [1.54, 1.807) is 13.2 Å². The van der Waals surface area contributed by atoms with Gasteiger partial charge in [0.15, 0.2) is 11.5 Å². The van der Waals surface area contributed by atoms with Crippen LogP contribution in [0.4, 0.5) is 0 Å². The van der Waals surface area contributed by atoms with Gasteiger partial charge >= 0.3 is 5.97 Å². The van der Waals surface area contributed by atoms with Gasteiger partial charge in [-0.2, -0.15) is 0 Å². The van der Waals surface area contributed by atoms with Crippen LogP contribution in [0.2, 0.25) is 0 Å². The predicted octanol–water partition coefficient (Wildman–Crippen LogP) is 4.83. The third-order valence-corrected chi connectivity index (χ3v) is 4.30. The molecule has 0 spiro atoms. The van der Waals surface area contributed by atoms with E-state index in [-0.39, 0.29) is 5.97 Å². The van der Waals surface area contributed by atoms with E-state index in [2.05, 4.69) is 29.2 Å². The zero-order chi connectivity index (χ0) is 17.5. The highest BCUT2D eigenvalue weighted by atomic mass is 127. The first-order valence-electron chi connectivity index (χ1n) is 7.67. The Kier molecular flexibility index (Phi) is 7.88. The average molecular weight is 432 g/mol. The lowest BCUT2D eigenvalue weighted by atomic mass is 10.1. The van der Waals surface area contributed by atoms with Gasteiger partial charge in [-0.1, -0.05) is 19.6 Å². The number of hydrogen-bond donors (Lipinski definition) is 0. The third-order valence-electron chi connectivity index (χ3n) is 3.50. The SMILES string of the molecule is C=Cc1cc(I)c(OCCCC(=O)OC(C)(C)CC)c(OC)c1. The first kappa shape index (κ1) is 19.8. The number of halogens is 1. The smallest absolute Gasteiger partial charge is 0.306 e. The van der Waals surface area contributed by atoms with Crippen molar-refractivity contribution in [2.75, 3.05) is 13.7 Å². The van der Waals surface area contributed by atoms with Crippen molar-refractivity contribution in [1.29, 1.82) is 0 Å². The Balaban J connectivity index is 2.53. The summed E-state index contributed by atoms with van der Waals surface area (Å²) in [6.45, 7) is 10.0. The molecular formula is C18H25IO4. The summed E-state index contributed by atoms with van der Waals surface area (Å²) in [5.74, 6) is 1.17. The molecule has 0 aliphatic carbocycles. The number of esters is 1. The van der Waals surface area contributed by atoms with Crippen molar-refractivity contribution in [3.8, 4) is 11.5 Å². The minimum Gasteiger partial charge on any atom is -0.493 e. The van der Waals surface area contributed by atoms with Gasteiger partial charge in [-0.05, 0) is 67.0 Å². The van der Waals surface area contributed by atoms with E-state index in [0.717, 1.165) is 15.6 Å². The summed E-state index contributed by atoms with van der Waals surface area (Å²) in [7, 11) is 1.61. The summed E-state index contributed by atoms with van der Waals surface area (Å²) in [5.41, 5.74) is 0.570. The van der Waals surface area contributed by atoms with E-state index in [4.69, 9.17) is 14.2 Å². The van der Waals surface area contributed by atoms with E-state index < -0.39 is 5.60 Å². The highest BCUT2D eigenvalue weighted by molar-refractivity contribution is 14.1. The Morgan fingerprint density at radius 2 is 2.09 bits per heavy atom. The van der Waals surface area contributed by atoms with Crippen LogP contribution in [0, 0.1) is 3.57 Å². The Morgan fingerprint density at radius 3 is 2.65 bits per heavy atom. The van der Waals surface area contributed by atoms with E-state index in [1.807, 2.05) is 32.9 Å². The van der Waals surface area contributed by atoms with Crippen LogP contribution in [0.5, 0.6) is 11.5 Å². The molecule has 23 heavy (non-hydrogen) atoms. The molecule has 0 unspecified atom stereocenters. The summed E-state index contributed by atoms with van der Waals surface area (Å²) >= 11 is 2.20. The van der Waals surface area contributed by atoms with Gasteiger partial charge in [0.25, 0.3) is 0 Å². The standard InChI is InChI=1S/C18H25IO4/c1-6-13-11-14(19)17(15(12-13)21-5)22-10-8-9-16(20)23-18(3,4)7-2/h6,11-12H,1,7-10H2,2-5H3. The number of carbonyl (C=O) groups is 1. The molecule has 0 radical (unpaired) electrons. The topological polar surface area (TPSA) is 44.8 Å². The number of benzene rings is 1. The molecule has 0 bridgehead atoms. The van der Waals surface area contributed by atoms with E-state index in [1.165, 1.54) is 0 Å². The first-order valence-corrected chi connectivity index (χ1v) is 8.75. The van der Waals surface area contributed by atoms with Crippen LogP contribution in [0.3, 0.4) is 0 Å². The minimum atomic E-state index is -0.406. The Hall–Kier alpha value is -1.24. The van der Waals surface area contributed by atoms with Crippen LogP contribution in [-0.4, -0.2) is 25.3 Å². The molecule has 0 heterocycles. The largest absolute Gasteiger partial charge is 0.493 e. The van der Waals surface area contributed by atoms with Gasteiger partial charge in [0.05, 0.1) is 17.3 Å². The zero-order valence-electron chi connectivity index (χ0n) is 14.3. The van der Waals surface area contributed by atoms with Crippen molar-refractivity contribution in [3.05, 3.63) is 27.8 Å². The van der Waals surface area contributed by atoms with E-state index in [0.29, 0.717) is 30.9 Å². The molecule has 0 amide bonds. The van der Waals surface area contributed by atoms with Crippen molar-refractivity contribution in [3.63, 3.8) is 0 Å². The number of rotatable bonds is 9. The Bertz CT molecular complexity index is 552. The summed E-state index contributed by atoms with van der Waals surface area (Å²) in [4.78, 5) is 11.8. The van der Waals surface area contributed by atoms with Gasteiger partial charge in [-0.25, -0.2) is 0 Å². The van der Waals surface area contributed by atoms with Gasteiger partial charge in [0.2, 0.25) is 0 Å². The molecule has 0 N–H and O–H groups in total. The van der Waals surface area contributed by atoms with Crippen LogP contribution in [0.15, 0.2) is 18.7 Å². The number of methoxy groups -OCH3 is 1. The first-order chi connectivity index (χ1) is 10.8. The van der Waals surface area contributed by atoms with Crippen molar-refractivity contribution in [1.82, 2.24) is 0 Å². The van der Waals surface area contributed by atoms with Crippen LogP contribution in [0.1, 0.15) is 45.6 Å². The van der Waals surface area contributed by atoms with Crippen molar-refractivity contribution in [2.24, 2.45) is 0 Å². The molecule has 0 aliphatic heterocycles. The lowest BCUT2D eigenvalue weighted by Gasteiger charge is -2.23. The highest BCUT2D eigenvalue weighted by Gasteiger charge is 2.20. The molecule has 1 aromatic carbocycles. The van der Waals surface area contributed by atoms with Crippen LogP contribution in [0.25, 0.3) is 6.08 Å². The second-order valence-corrected chi connectivity index (χ2v) is 6.94. The molecule has 0 atom stereocenters. The molecular weight excluding hydrogens is 407 g/mol. The maximum Gasteiger partial charge on any atom is 0.306 e. The summed E-state index contributed by atoms with van der Waals surface area (Å²) < 4.78 is 17.5. The van der Waals surface area contributed by atoms with Crippen LogP contribution < -0.4 is 9.47 Å². The highest BCUT2D eigenvalue weighted by Crippen LogP contribution is 2.34. The fraction of sp³-hybridized carbons (Fsp3) is 0.500. The Morgan fingerprint density at radius 1 is 1.39 bits per heavy atom. The Labute approximate surface area is 152 Å². The minimum absolute atomic E-state index is 0.191. The van der Waals surface area contributed by atoms with E-state index >= 15 is 0 Å². The fourth-order valence-corrected chi connectivity index (χ4v) is 2.60. The van der Waals surface area contributed by atoms with Crippen molar-refractivity contribution >= 4 is 34.6 Å². The molecule has 1 rings (SSSR count). The molecule has 1 aromatic rings. The van der Waals surface area contributed by atoms with Crippen LogP contribution >= 0.6 is 22.6 Å². The molecule has 4 nitrogen and oxygen atoms in total. The van der Waals surface area contributed by atoms with Gasteiger partial charge in [0.1, 0.15) is 5.60 Å². The monoisotopic (exact) mass is 432 g/mol. The molecule has 128 valence electrons. The lowest BCUT2D eigenvalue weighted by Crippen LogP contribution is -2.27. The molecule has 5 heteroatoms. The zero-order valence-corrected chi connectivity index (χ0v) is 16.4. The summed E-state index contributed by atoms with van der Waals surface area (Å²) in [5, 5.41) is 0. The third kappa shape index (κ3) is 6.41. The normalized spacial score (nSPS) is 11.0. The van der Waals surface area contributed by atoms with Gasteiger partial charge in [-0.3, -0.25) is 4.79 Å². The van der Waals surface area contributed by atoms with Gasteiger partial charge in [0, 0.05) is 6.42 Å². The number of carbonyl (C=O) groups excluding carboxylic acids is 1. The summed E-state index contributed by atoms with van der Waals surface area (Å²) in [6.07, 6.45) is 3.49.